The fourth-order valence-corrected chi connectivity index (χ4v) is 1.10. The van der Waals surface area contributed by atoms with Crippen molar-refractivity contribution in [3.05, 3.63) is 0 Å². The Morgan fingerprint density at radius 1 is 0.867 bits per heavy atom. The maximum atomic E-state index is 11.1. The number of carboxylic acid groups (broad SMARTS) is 1. The maximum absolute atomic E-state index is 11.1. The van der Waals surface area contributed by atoms with Crippen LogP contribution in [0.1, 0.15) is 39.0 Å². The van der Waals surface area contributed by atoms with Crippen LogP contribution in [0.4, 0.5) is 0 Å². The van der Waals surface area contributed by atoms with Gasteiger partial charge in [0.2, 0.25) is 0 Å². The van der Waals surface area contributed by atoms with Crippen molar-refractivity contribution in [3.8, 4) is 0 Å². The summed E-state index contributed by atoms with van der Waals surface area (Å²) in [7, 11) is 0. The van der Waals surface area contributed by atoms with Crippen LogP contribution >= 0.6 is 0 Å². The van der Waals surface area contributed by atoms with Gasteiger partial charge in [0.25, 0.3) is 0 Å². The molecule has 5 heteroatoms. The molecule has 84 valence electrons. The lowest BCUT2D eigenvalue weighted by atomic mass is 10.1. The molecule has 0 radical (unpaired) electrons. The summed E-state index contributed by atoms with van der Waals surface area (Å²) < 4.78 is 0. The molecule has 15 heavy (non-hydrogen) atoms. The van der Waals surface area contributed by atoms with Crippen molar-refractivity contribution in [1.82, 2.24) is 0 Å². The highest BCUT2D eigenvalue weighted by Gasteiger charge is 2.15. The van der Waals surface area contributed by atoms with Gasteiger partial charge in [-0.2, -0.15) is 0 Å². The van der Waals surface area contributed by atoms with Gasteiger partial charge in [0.1, 0.15) is 18.0 Å². The Balaban J connectivity index is 3.88. The highest BCUT2D eigenvalue weighted by Crippen LogP contribution is 2.00. The first-order valence-electron chi connectivity index (χ1n) is 4.72. The summed E-state index contributed by atoms with van der Waals surface area (Å²) in [4.78, 5) is 43.1. The number of hydrogen-bond acceptors (Lipinski definition) is 4. The minimum atomic E-state index is -1.26. The molecule has 0 spiro atoms. The molecule has 0 aromatic heterocycles. The predicted octanol–water partition coefficient (Wildman–Crippen LogP) is 0.749. The monoisotopic (exact) mass is 214 g/mol. The average molecular weight is 214 g/mol. The number of carbonyl (C=O) groups excluding carboxylic acids is 3. The van der Waals surface area contributed by atoms with E-state index in [2.05, 4.69) is 0 Å². The van der Waals surface area contributed by atoms with Crippen LogP contribution in [0.2, 0.25) is 0 Å². The summed E-state index contributed by atoms with van der Waals surface area (Å²) >= 11 is 0. The van der Waals surface area contributed by atoms with Crippen LogP contribution in [-0.4, -0.2) is 28.4 Å². The van der Waals surface area contributed by atoms with Crippen molar-refractivity contribution in [2.75, 3.05) is 0 Å². The molecule has 0 aliphatic carbocycles. The van der Waals surface area contributed by atoms with E-state index in [0.29, 0.717) is 12.8 Å². The van der Waals surface area contributed by atoms with Gasteiger partial charge in [-0.15, -0.1) is 0 Å². The maximum Gasteiger partial charge on any atom is 0.310 e. The lowest BCUT2D eigenvalue weighted by Crippen LogP contribution is -2.14. The Labute approximate surface area is 87.5 Å². The zero-order valence-electron chi connectivity index (χ0n) is 8.62. The second-order valence-corrected chi connectivity index (χ2v) is 3.29. The Morgan fingerprint density at radius 3 is 1.80 bits per heavy atom. The van der Waals surface area contributed by atoms with E-state index in [9.17, 15) is 19.2 Å². The number of aliphatic carboxylic acids is 1. The molecule has 0 fully saturated rings. The summed E-state index contributed by atoms with van der Waals surface area (Å²) in [6.45, 7) is 1.82. The van der Waals surface area contributed by atoms with E-state index >= 15 is 0 Å². The van der Waals surface area contributed by atoms with Gasteiger partial charge >= 0.3 is 5.97 Å². The number of carbonyl (C=O) groups is 4. The molecular weight excluding hydrogens is 200 g/mol. The van der Waals surface area contributed by atoms with Crippen LogP contribution in [0.5, 0.6) is 0 Å². The first-order chi connectivity index (χ1) is 6.95. The van der Waals surface area contributed by atoms with Gasteiger partial charge in [0, 0.05) is 6.42 Å². The predicted molar refractivity (Wildman–Crippen MR) is 51.4 cm³/mol. The molecule has 0 rings (SSSR count). The molecule has 5 nitrogen and oxygen atoms in total. The second kappa shape index (κ2) is 6.86. The number of carboxylic acids is 1. The van der Waals surface area contributed by atoms with Crippen molar-refractivity contribution in [3.63, 3.8) is 0 Å². The molecule has 0 saturated heterocycles. The van der Waals surface area contributed by atoms with Gasteiger partial charge in [-0.3, -0.25) is 19.2 Å². The van der Waals surface area contributed by atoms with Gasteiger partial charge in [-0.1, -0.05) is 6.92 Å². The summed E-state index contributed by atoms with van der Waals surface area (Å²) in [6, 6.07) is 0. The van der Waals surface area contributed by atoms with Crippen LogP contribution in [0.15, 0.2) is 0 Å². The molecule has 0 atom stereocenters. The zero-order valence-corrected chi connectivity index (χ0v) is 8.62. The van der Waals surface area contributed by atoms with Crippen molar-refractivity contribution in [2.45, 2.75) is 39.0 Å². The Kier molecular flexibility index (Phi) is 6.17. The van der Waals surface area contributed by atoms with Crippen molar-refractivity contribution < 1.29 is 24.3 Å². The van der Waals surface area contributed by atoms with Gasteiger partial charge in [-0.05, 0) is 6.42 Å². The molecule has 0 aromatic carbocycles. The number of rotatable bonds is 8. The van der Waals surface area contributed by atoms with Crippen molar-refractivity contribution >= 4 is 23.3 Å². The summed E-state index contributed by atoms with van der Waals surface area (Å²) in [5.41, 5.74) is 0. The Morgan fingerprint density at radius 2 is 1.33 bits per heavy atom. The van der Waals surface area contributed by atoms with Crippen molar-refractivity contribution in [2.24, 2.45) is 0 Å². The lowest BCUT2D eigenvalue weighted by Gasteiger charge is -1.98. The SMILES string of the molecule is CCCC(=O)CC(=O)CC(=O)CC(=O)O. The van der Waals surface area contributed by atoms with Gasteiger partial charge in [0.05, 0.1) is 12.8 Å². The Hall–Kier alpha value is -1.52. The number of ketones is 3. The minimum Gasteiger partial charge on any atom is -0.481 e. The van der Waals surface area contributed by atoms with Crippen LogP contribution < -0.4 is 0 Å². The quantitative estimate of drug-likeness (QED) is 0.602. The highest BCUT2D eigenvalue weighted by atomic mass is 16.4. The molecule has 0 aliphatic heterocycles. The van der Waals surface area contributed by atoms with E-state index < -0.39 is 30.4 Å². The second-order valence-electron chi connectivity index (χ2n) is 3.29. The Bertz CT molecular complexity index is 280. The third-order valence-electron chi connectivity index (χ3n) is 1.67. The van der Waals surface area contributed by atoms with E-state index in [1.165, 1.54) is 0 Å². The third-order valence-corrected chi connectivity index (χ3v) is 1.67. The molecule has 0 heterocycles. The average Bonchev–Trinajstić information content (AvgIpc) is 2.00. The molecule has 0 saturated carbocycles. The first kappa shape index (κ1) is 13.5. The van der Waals surface area contributed by atoms with E-state index in [1.807, 2.05) is 6.92 Å². The molecule has 0 unspecified atom stereocenters. The highest BCUT2D eigenvalue weighted by molar-refractivity contribution is 6.10. The van der Waals surface area contributed by atoms with Gasteiger partial charge < -0.3 is 5.11 Å². The van der Waals surface area contributed by atoms with Crippen LogP contribution in [-0.2, 0) is 19.2 Å². The molecule has 0 aromatic rings. The topological polar surface area (TPSA) is 88.5 Å². The van der Waals surface area contributed by atoms with E-state index in [-0.39, 0.29) is 12.2 Å². The van der Waals surface area contributed by atoms with Crippen LogP contribution in [0.25, 0.3) is 0 Å². The van der Waals surface area contributed by atoms with E-state index in [0.717, 1.165) is 0 Å². The summed E-state index contributed by atoms with van der Waals surface area (Å²) in [6.07, 6.45) is -0.400. The fourth-order valence-electron chi connectivity index (χ4n) is 1.10. The summed E-state index contributed by atoms with van der Waals surface area (Å²) in [5.74, 6) is -2.62. The normalized spacial score (nSPS) is 9.67. The molecular formula is C10H14O5. The van der Waals surface area contributed by atoms with E-state index in [1.54, 1.807) is 0 Å². The molecule has 0 aliphatic rings. The van der Waals surface area contributed by atoms with Crippen LogP contribution in [0, 0.1) is 0 Å². The summed E-state index contributed by atoms with van der Waals surface area (Å²) in [5, 5.41) is 8.26. The lowest BCUT2D eigenvalue weighted by molar-refractivity contribution is -0.140. The third kappa shape index (κ3) is 7.54. The minimum absolute atomic E-state index is 0.203. The fraction of sp³-hybridized carbons (Fsp3) is 0.600. The molecule has 0 bridgehead atoms. The van der Waals surface area contributed by atoms with E-state index in [4.69, 9.17) is 5.11 Å². The van der Waals surface area contributed by atoms with Crippen LogP contribution in [0.3, 0.4) is 0 Å². The number of Topliss-reactive ketones (excluding diaryl/α,β-unsaturated/α-hetero) is 3. The number of hydrogen-bond donors (Lipinski definition) is 1. The van der Waals surface area contributed by atoms with Gasteiger partial charge in [-0.25, -0.2) is 0 Å². The van der Waals surface area contributed by atoms with Crippen molar-refractivity contribution in [1.29, 1.82) is 0 Å². The zero-order chi connectivity index (χ0) is 11.8. The molecule has 1 N–H and O–H groups in total. The molecule has 0 amide bonds. The first-order valence-corrected chi connectivity index (χ1v) is 4.72. The largest absolute Gasteiger partial charge is 0.481 e. The smallest absolute Gasteiger partial charge is 0.310 e. The standard InChI is InChI=1S/C10H14O5/c1-2-3-7(11)4-8(12)5-9(13)6-10(14)15/h2-6H2,1H3,(H,14,15). The van der Waals surface area contributed by atoms with Gasteiger partial charge in [0.15, 0.2) is 5.78 Å².